The lowest BCUT2D eigenvalue weighted by Crippen LogP contribution is -1.99. The van der Waals surface area contributed by atoms with E-state index in [-0.39, 0.29) is 16.4 Å². The van der Waals surface area contributed by atoms with Crippen molar-refractivity contribution >= 4 is 28.3 Å². The van der Waals surface area contributed by atoms with E-state index in [2.05, 4.69) is 11.8 Å². The van der Waals surface area contributed by atoms with Crippen LogP contribution in [0.15, 0.2) is 12.1 Å². The van der Waals surface area contributed by atoms with Crippen molar-refractivity contribution in [3.8, 4) is 11.8 Å². The summed E-state index contributed by atoms with van der Waals surface area (Å²) < 4.78 is 13.3. The van der Waals surface area contributed by atoms with Gasteiger partial charge in [0, 0.05) is 18.6 Å². The number of hydrogen-bond acceptors (Lipinski definition) is 5. The molecule has 1 aromatic rings. The van der Waals surface area contributed by atoms with Gasteiger partial charge in [0.1, 0.15) is 5.69 Å². The number of anilines is 1. The quantitative estimate of drug-likeness (QED) is 0.383. The molecule has 1 rings (SSSR count). The first-order valence-electron chi connectivity index (χ1n) is 4.77. The van der Waals surface area contributed by atoms with Crippen LogP contribution in [0, 0.1) is 27.8 Å². The molecule has 0 aromatic heterocycles. The minimum atomic E-state index is -0.882. The maximum absolute atomic E-state index is 13.3. The Bertz CT molecular complexity index is 563. The number of hydrogen-bond donors (Lipinski definition) is 1. The molecule has 0 unspecified atom stereocenters. The van der Waals surface area contributed by atoms with E-state index in [0.717, 1.165) is 23.9 Å². The molecule has 0 bridgehead atoms. The fourth-order valence-corrected chi connectivity index (χ4v) is 1.45. The van der Waals surface area contributed by atoms with Gasteiger partial charge in [-0.05, 0) is 6.07 Å². The van der Waals surface area contributed by atoms with Gasteiger partial charge in [-0.15, -0.1) is 0 Å². The molecule has 0 aliphatic rings. The third-order valence-corrected chi connectivity index (χ3v) is 2.58. The fraction of sp³-hybridized carbons (Fsp3) is 0.182. The summed E-state index contributed by atoms with van der Waals surface area (Å²) in [5.41, 5.74) is 4.36. The van der Waals surface area contributed by atoms with Crippen LogP contribution < -0.4 is 5.73 Å². The molecular weight excluding hydrogens is 259 g/mol. The Hall–Kier alpha value is -2.07. The Morgan fingerprint density at radius 2 is 2.28 bits per heavy atom. The molecule has 0 saturated carbocycles. The summed E-state index contributed by atoms with van der Waals surface area (Å²) in [4.78, 5) is 20.5. The average molecular weight is 268 g/mol. The van der Waals surface area contributed by atoms with Gasteiger partial charge in [-0.2, -0.15) is 0 Å². The number of thioether (sulfide) groups is 1. The number of carbonyl (C=O) groups excluding carboxylic acids is 1. The summed E-state index contributed by atoms with van der Waals surface area (Å²) in [5.74, 6) is 4.51. The summed E-state index contributed by atoms with van der Waals surface area (Å²) in [7, 11) is 0. The van der Waals surface area contributed by atoms with E-state index in [4.69, 9.17) is 5.73 Å². The minimum absolute atomic E-state index is 0.0845. The number of nitro benzene ring substituents is 1. The van der Waals surface area contributed by atoms with Crippen molar-refractivity contribution in [3.63, 3.8) is 0 Å². The topological polar surface area (TPSA) is 86.2 Å². The predicted octanol–water partition coefficient (Wildman–Crippen LogP) is 1.95. The van der Waals surface area contributed by atoms with E-state index in [1.165, 1.54) is 6.92 Å². The number of nitrogen functional groups attached to an aromatic ring is 1. The molecular formula is C11H9FN2O3S. The van der Waals surface area contributed by atoms with E-state index < -0.39 is 22.1 Å². The van der Waals surface area contributed by atoms with Crippen LogP contribution in [-0.2, 0) is 4.79 Å². The lowest BCUT2D eigenvalue weighted by molar-refractivity contribution is -0.384. The number of nitrogens with zero attached hydrogens (tertiary/aromatic N) is 1. The highest BCUT2D eigenvalue weighted by Gasteiger charge is 2.16. The van der Waals surface area contributed by atoms with Crippen molar-refractivity contribution in [1.82, 2.24) is 0 Å². The van der Waals surface area contributed by atoms with Gasteiger partial charge >= 0.3 is 0 Å². The Kier molecular flexibility index (Phi) is 4.68. The third-order valence-electron chi connectivity index (χ3n) is 1.88. The minimum Gasteiger partial charge on any atom is -0.391 e. The smallest absolute Gasteiger partial charge is 0.296 e. The van der Waals surface area contributed by atoms with Gasteiger partial charge in [0.05, 0.1) is 10.7 Å². The second-order valence-corrected chi connectivity index (χ2v) is 4.38. The van der Waals surface area contributed by atoms with Crippen LogP contribution in [0.25, 0.3) is 0 Å². The van der Waals surface area contributed by atoms with Crippen molar-refractivity contribution in [2.24, 2.45) is 0 Å². The number of carbonyl (C=O) groups is 1. The van der Waals surface area contributed by atoms with Gasteiger partial charge in [-0.3, -0.25) is 14.9 Å². The van der Waals surface area contributed by atoms with E-state index in [1.807, 2.05) is 0 Å². The Labute approximate surface area is 107 Å². The van der Waals surface area contributed by atoms with Crippen LogP contribution in [-0.4, -0.2) is 15.8 Å². The summed E-state index contributed by atoms with van der Waals surface area (Å²) in [5, 5.41) is 10.5. The first-order chi connectivity index (χ1) is 8.41. The molecule has 5 nitrogen and oxygen atoms in total. The van der Waals surface area contributed by atoms with Gasteiger partial charge in [-0.1, -0.05) is 23.6 Å². The molecule has 18 heavy (non-hydrogen) atoms. The molecule has 0 saturated heterocycles. The van der Waals surface area contributed by atoms with Crippen LogP contribution in [0.1, 0.15) is 12.5 Å². The maximum atomic E-state index is 13.3. The van der Waals surface area contributed by atoms with E-state index in [9.17, 15) is 19.3 Å². The van der Waals surface area contributed by atoms with Crippen molar-refractivity contribution in [2.75, 3.05) is 11.5 Å². The van der Waals surface area contributed by atoms with Gasteiger partial charge in [0.25, 0.3) is 5.69 Å². The largest absolute Gasteiger partial charge is 0.391 e. The standard InChI is InChI=1S/C11H9FN2O3S/c1-7(15)18-4-2-3-8-5-9(12)11(13)10(6-8)14(16)17/h5-6H,4,13H2,1H3. The van der Waals surface area contributed by atoms with E-state index >= 15 is 0 Å². The number of halogens is 1. The van der Waals surface area contributed by atoms with E-state index in [1.54, 1.807) is 0 Å². The van der Waals surface area contributed by atoms with Crippen LogP contribution >= 0.6 is 11.8 Å². The normalized spacial score (nSPS) is 9.44. The second-order valence-electron chi connectivity index (χ2n) is 3.23. The molecule has 0 heterocycles. The Morgan fingerprint density at radius 1 is 1.61 bits per heavy atom. The summed E-state index contributed by atoms with van der Waals surface area (Å²) in [6.45, 7) is 1.40. The summed E-state index contributed by atoms with van der Waals surface area (Å²) in [6.07, 6.45) is 0. The summed E-state index contributed by atoms with van der Waals surface area (Å²) in [6, 6.07) is 2.12. The zero-order valence-electron chi connectivity index (χ0n) is 9.40. The van der Waals surface area contributed by atoms with Gasteiger partial charge in [0.15, 0.2) is 10.9 Å². The fourth-order valence-electron chi connectivity index (χ4n) is 1.10. The molecule has 0 aliphatic carbocycles. The van der Waals surface area contributed by atoms with Crippen molar-refractivity contribution in [3.05, 3.63) is 33.6 Å². The first-order valence-corrected chi connectivity index (χ1v) is 5.76. The number of rotatable bonds is 2. The third kappa shape index (κ3) is 3.75. The number of nitro groups is 1. The van der Waals surface area contributed by atoms with Crippen LogP contribution in [0.2, 0.25) is 0 Å². The van der Waals surface area contributed by atoms with Crippen molar-refractivity contribution < 1.29 is 14.1 Å². The average Bonchev–Trinajstić information content (AvgIpc) is 2.28. The lowest BCUT2D eigenvalue weighted by Gasteiger charge is -1.99. The molecule has 1 aromatic carbocycles. The van der Waals surface area contributed by atoms with Gasteiger partial charge < -0.3 is 5.73 Å². The van der Waals surface area contributed by atoms with Crippen LogP contribution in [0.3, 0.4) is 0 Å². The highest BCUT2D eigenvalue weighted by atomic mass is 32.2. The SMILES string of the molecule is CC(=O)SCC#Cc1cc(F)c(N)c([N+](=O)[O-])c1. The van der Waals surface area contributed by atoms with Crippen LogP contribution in [0.4, 0.5) is 15.8 Å². The van der Waals surface area contributed by atoms with Gasteiger partial charge in [0.2, 0.25) is 0 Å². The van der Waals surface area contributed by atoms with Crippen LogP contribution in [0.5, 0.6) is 0 Å². The first kappa shape index (κ1) is 14.0. The van der Waals surface area contributed by atoms with Crippen molar-refractivity contribution in [2.45, 2.75) is 6.92 Å². The van der Waals surface area contributed by atoms with Crippen molar-refractivity contribution in [1.29, 1.82) is 0 Å². The zero-order chi connectivity index (χ0) is 13.7. The molecule has 0 spiro atoms. The molecule has 0 atom stereocenters. The number of benzene rings is 1. The Morgan fingerprint density at radius 3 is 2.83 bits per heavy atom. The zero-order valence-corrected chi connectivity index (χ0v) is 10.2. The summed E-state index contributed by atoms with van der Waals surface area (Å²) >= 11 is 1.00. The molecule has 0 amide bonds. The highest BCUT2D eigenvalue weighted by Crippen LogP contribution is 2.25. The molecule has 0 aliphatic heterocycles. The predicted molar refractivity (Wildman–Crippen MR) is 67.5 cm³/mol. The highest BCUT2D eigenvalue weighted by molar-refractivity contribution is 8.13. The monoisotopic (exact) mass is 268 g/mol. The molecule has 0 radical (unpaired) electrons. The lowest BCUT2D eigenvalue weighted by atomic mass is 10.1. The molecule has 0 fully saturated rings. The molecule has 94 valence electrons. The van der Waals surface area contributed by atoms with E-state index in [0.29, 0.717) is 0 Å². The second kappa shape index (κ2) is 6.02. The maximum Gasteiger partial charge on any atom is 0.296 e. The van der Waals surface area contributed by atoms with Gasteiger partial charge in [-0.25, -0.2) is 4.39 Å². The number of nitrogens with two attached hydrogens (primary N) is 1. The molecule has 7 heteroatoms. The molecule has 2 N–H and O–H groups in total. The Balaban J connectivity index is 2.97.